The molecule has 4 nitrogen and oxygen atoms in total. The number of benzene rings is 2. The fourth-order valence-electron chi connectivity index (χ4n) is 2.55. The Balaban J connectivity index is 1.64. The summed E-state index contributed by atoms with van der Waals surface area (Å²) in [5.74, 6) is 7.24. The first-order valence-electron chi connectivity index (χ1n) is 7.51. The summed E-state index contributed by atoms with van der Waals surface area (Å²) in [7, 11) is 0. The maximum absolute atomic E-state index is 4.41. The molecule has 4 heteroatoms. The van der Waals surface area contributed by atoms with E-state index < -0.39 is 0 Å². The smallest absolute Gasteiger partial charge is 0.144 e. The van der Waals surface area contributed by atoms with Crippen LogP contribution in [0, 0.1) is 11.8 Å². The molecule has 0 saturated heterocycles. The van der Waals surface area contributed by atoms with Crippen molar-refractivity contribution >= 4 is 16.6 Å². The maximum atomic E-state index is 4.41. The van der Waals surface area contributed by atoms with Crippen LogP contribution in [0.4, 0.5) is 0 Å². The molecule has 0 unspecified atom stereocenters. The van der Waals surface area contributed by atoms with Crippen LogP contribution < -0.4 is 5.32 Å². The highest BCUT2D eigenvalue weighted by Crippen LogP contribution is 2.14. The topological polar surface area (TPSA) is 50.2 Å². The molecule has 3 aromatic rings. The molecule has 2 aromatic carbocycles. The van der Waals surface area contributed by atoms with Gasteiger partial charge in [0.05, 0.1) is 12.7 Å². The highest BCUT2D eigenvalue weighted by atomic mass is 15.1. The van der Waals surface area contributed by atoms with Gasteiger partial charge in [0, 0.05) is 28.4 Å². The molecule has 0 saturated carbocycles. The van der Waals surface area contributed by atoms with Crippen molar-refractivity contribution in [1.29, 1.82) is 0 Å². The van der Waals surface area contributed by atoms with Gasteiger partial charge in [-0.15, -0.1) is 5.10 Å². The van der Waals surface area contributed by atoms with Crippen LogP contribution in [0.5, 0.6) is 0 Å². The molecule has 0 fully saturated rings. The normalized spacial score (nSPS) is 13.1. The van der Waals surface area contributed by atoms with Crippen molar-refractivity contribution in [2.24, 2.45) is 4.99 Å². The highest BCUT2D eigenvalue weighted by Gasteiger charge is 2.06. The number of nitrogens with zero attached hydrogens (tertiary/aromatic N) is 3. The molecule has 110 valence electrons. The first-order chi connectivity index (χ1) is 11.4. The average Bonchev–Trinajstić information content (AvgIpc) is 3.15. The number of fused-ring (bicyclic) bond motifs is 1. The number of hydrogen-bond acceptors (Lipinski definition) is 4. The van der Waals surface area contributed by atoms with Crippen molar-refractivity contribution < 1.29 is 0 Å². The van der Waals surface area contributed by atoms with Crippen LogP contribution in [-0.4, -0.2) is 29.1 Å². The van der Waals surface area contributed by atoms with Gasteiger partial charge < -0.3 is 5.32 Å². The summed E-state index contributed by atoms with van der Waals surface area (Å²) < 4.78 is 0. The zero-order chi connectivity index (χ0) is 15.5. The molecule has 0 radical (unpaired) electrons. The van der Waals surface area contributed by atoms with Crippen molar-refractivity contribution in [2.45, 2.75) is 0 Å². The molecule has 0 atom stereocenters. The van der Waals surface area contributed by atoms with Crippen LogP contribution in [0.15, 0.2) is 59.7 Å². The van der Waals surface area contributed by atoms with Crippen molar-refractivity contribution in [3.8, 4) is 11.8 Å². The van der Waals surface area contributed by atoms with E-state index in [1.807, 2.05) is 48.5 Å². The Morgan fingerprint density at radius 1 is 0.957 bits per heavy atom. The van der Waals surface area contributed by atoms with Gasteiger partial charge >= 0.3 is 0 Å². The fraction of sp³-hybridized carbons (Fsp3) is 0.105. The first-order valence-corrected chi connectivity index (χ1v) is 7.51. The zero-order valence-electron chi connectivity index (χ0n) is 12.5. The van der Waals surface area contributed by atoms with Gasteiger partial charge in [-0.2, -0.15) is 5.10 Å². The van der Waals surface area contributed by atoms with Crippen LogP contribution in [0.2, 0.25) is 0 Å². The number of aliphatic imine (C=N–C) groups is 1. The van der Waals surface area contributed by atoms with E-state index in [4.69, 9.17) is 0 Å². The maximum Gasteiger partial charge on any atom is 0.144 e. The Morgan fingerprint density at radius 2 is 1.83 bits per heavy atom. The molecule has 1 aliphatic heterocycles. The lowest BCUT2D eigenvalue weighted by Crippen LogP contribution is -2.19. The van der Waals surface area contributed by atoms with E-state index in [2.05, 4.69) is 32.3 Å². The van der Waals surface area contributed by atoms with Gasteiger partial charge in [-0.1, -0.05) is 42.3 Å². The van der Waals surface area contributed by atoms with E-state index in [-0.39, 0.29) is 0 Å². The molecule has 23 heavy (non-hydrogen) atoms. The van der Waals surface area contributed by atoms with Crippen LogP contribution in [0.1, 0.15) is 16.8 Å². The van der Waals surface area contributed by atoms with Gasteiger partial charge in [0.25, 0.3) is 0 Å². The van der Waals surface area contributed by atoms with E-state index in [0.29, 0.717) is 5.69 Å². The molecule has 4 rings (SSSR count). The van der Waals surface area contributed by atoms with Gasteiger partial charge in [-0.05, 0) is 18.1 Å². The minimum absolute atomic E-state index is 0.703. The molecule has 2 heterocycles. The van der Waals surface area contributed by atoms with Crippen LogP contribution in [-0.2, 0) is 0 Å². The third-order valence-electron chi connectivity index (χ3n) is 3.73. The van der Waals surface area contributed by atoms with Crippen LogP contribution >= 0.6 is 0 Å². The number of rotatable bonds is 1. The van der Waals surface area contributed by atoms with Crippen molar-refractivity contribution in [3.05, 3.63) is 71.5 Å². The second-order valence-corrected chi connectivity index (χ2v) is 5.26. The summed E-state index contributed by atoms with van der Waals surface area (Å²) in [5.41, 5.74) is 2.74. The lowest BCUT2D eigenvalue weighted by atomic mass is 10.1. The first kappa shape index (κ1) is 13.5. The predicted octanol–water partition coefficient (Wildman–Crippen LogP) is 2.38. The van der Waals surface area contributed by atoms with Crippen molar-refractivity contribution in [3.63, 3.8) is 0 Å². The summed E-state index contributed by atoms with van der Waals surface area (Å²) >= 11 is 0. The lowest BCUT2D eigenvalue weighted by Gasteiger charge is -2.01. The number of nitrogens with one attached hydrogen (secondary N) is 1. The predicted molar refractivity (Wildman–Crippen MR) is 91.4 cm³/mol. The van der Waals surface area contributed by atoms with Crippen LogP contribution in [0.3, 0.4) is 0 Å². The molecule has 0 bridgehead atoms. The van der Waals surface area contributed by atoms with Crippen LogP contribution in [0.25, 0.3) is 10.8 Å². The Morgan fingerprint density at radius 3 is 2.65 bits per heavy atom. The van der Waals surface area contributed by atoms with Gasteiger partial charge in [-0.25, -0.2) is 0 Å². The van der Waals surface area contributed by atoms with E-state index in [1.165, 1.54) is 0 Å². The summed E-state index contributed by atoms with van der Waals surface area (Å²) in [5, 5.41) is 13.5. The Kier molecular flexibility index (Phi) is 3.45. The summed E-state index contributed by atoms with van der Waals surface area (Å²) in [6.07, 6.45) is 1.75. The van der Waals surface area contributed by atoms with Gasteiger partial charge in [0.1, 0.15) is 11.5 Å². The molecule has 1 aliphatic rings. The Labute approximate surface area is 134 Å². The van der Waals surface area contributed by atoms with E-state index >= 15 is 0 Å². The summed E-state index contributed by atoms with van der Waals surface area (Å²) in [4.78, 5) is 4.41. The number of aromatic nitrogens is 2. The standard InChI is InChI=1S/C19H14N4/c1-2-4-17-16(3-1)13-22-23-18(17)10-7-14-5-8-15(9-6-14)19-20-11-12-21-19/h1-6,8-9,13H,11-12H2,(H,20,21). The van der Waals surface area contributed by atoms with Crippen molar-refractivity contribution in [2.75, 3.05) is 13.1 Å². The summed E-state index contributed by atoms with van der Waals surface area (Å²) in [6, 6.07) is 16.1. The molecule has 1 aromatic heterocycles. The number of hydrogen-bond donors (Lipinski definition) is 1. The SMILES string of the molecule is C(#Cc1nncc2ccccc12)c1ccc(C2=NCCN2)cc1. The van der Waals surface area contributed by atoms with Gasteiger partial charge in [0.2, 0.25) is 0 Å². The monoisotopic (exact) mass is 298 g/mol. The minimum atomic E-state index is 0.703. The second-order valence-electron chi connectivity index (χ2n) is 5.26. The Bertz CT molecular complexity index is 941. The lowest BCUT2D eigenvalue weighted by molar-refractivity contribution is 0.960. The summed E-state index contributed by atoms with van der Waals surface area (Å²) in [6.45, 7) is 1.76. The quantitative estimate of drug-likeness (QED) is 0.702. The highest BCUT2D eigenvalue weighted by molar-refractivity contribution is 5.99. The number of amidine groups is 1. The molecular weight excluding hydrogens is 284 g/mol. The molecule has 0 aliphatic carbocycles. The second kappa shape index (κ2) is 5.90. The van der Waals surface area contributed by atoms with Gasteiger partial charge in [-0.3, -0.25) is 4.99 Å². The third-order valence-corrected chi connectivity index (χ3v) is 3.73. The Hall–Kier alpha value is -3.19. The third kappa shape index (κ3) is 2.77. The van der Waals surface area contributed by atoms with Gasteiger partial charge in [0.15, 0.2) is 0 Å². The largest absolute Gasteiger partial charge is 0.368 e. The molecular formula is C19H14N4. The van der Waals surface area contributed by atoms with E-state index in [1.54, 1.807) is 6.20 Å². The zero-order valence-corrected chi connectivity index (χ0v) is 12.5. The van der Waals surface area contributed by atoms with Crippen molar-refractivity contribution in [1.82, 2.24) is 15.5 Å². The average molecular weight is 298 g/mol. The fourth-order valence-corrected chi connectivity index (χ4v) is 2.55. The molecule has 1 N–H and O–H groups in total. The van der Waals surface area contributed by atoms with E-state index in [0.717, 1.165) is 40.8 Å². The molecule has 0 spiro atoms. The van der Waals surface area contributed by atoms with E-state index in [9.17, 15) is 0 Å². The minimum Gasteiger partial charge on any atom is -0.368 e. The molecule has 0 amide bonds.